The molecule has 1 fully saturated rings. The Morgan fingerprint density at radius 2 is 2.00 bits per heavy atom. The highest BCUT2D eigenvalue weighted by molar-refractivity contribution is 5.81. The quantitative estimate of drug-likeness (QED) is 0.910. The maximum Gasteiger partial charge on any atom is 0.250 e. The number of anilines is 1. The fourth-order valence-corrected chi connectivity index (χ4v) is 3.15. The molecule has 1 aromatic carbocycles. The van der Waals surface area contributed by atoms with E-state index in [4.69, 9.17) is 0 Å². The van der Waals surface area contributed by atoms with E-state index in [9.17, 15) is 4.79 Å². The van der Waals surface area contributed by atoms with E-state index in [1.807, 2.05) is 32.9 Å². The minimum absolute atomic E-state index is 0.0964. The first-order chi connectivity index (χ1) is 12.3. The Labute approximate surface area is 154 Å². The first kappa shape index (κ1) is 18.4. The van der Waals surface area contributed by atoms with E-state index < -0.39 is 0 Å². The van der Waals surface area contributed by atoms with Crippen molar-refractivity contribution in [1.82, 2.24) is 25.5 Å². The van der Waals surface area contributed by atoms with Crippen molar-refractivity contribution in [2.75, 3.05) is 24.5 Å². The summed E-state index contributed by atoms with van der Waals surface area (Å²) in [6, 6.07) is 8.17. The van der Waals surface area contributed by atoms with Gasteiger partial charge in [0.1, 0.15) is 0 Å². The SMILES string of the molecule is Cc1ccc(-n2nnnc2N2CCCC(CNC(=O)C(C)(C)C)C2)cc1. The van der Waals surface area contributed by atoms with Crippen LogP contribution in [0.25, 0.3) is 5.69 Å². The smallest absolute Gasteiger partial charge is 0.250 e. The van der Waals surface area contributed by atoms with Crippen molar-refractivity contribution in [3.63, 3.8) is 0 Å². The van der Waals surface area contributed by atoms with Crippen LogP contribution in [0.2, 0.25) is 0 Å². The Bertz CT molecular complexity index is 746. The van der Waals surface area contributed by atoms with E-state index in [-0.39, 0.29) is 11.3 Å². The number of carbonyl (C=O) groups excluding carboxylic acids is 1. The van der Waals surface area contributed by atoms with Gasteiger partial charge in [0.2, 0.25) is 11.9 Å². The molecule has 0 bridgehead atoms. The molecule has 7 nitrogen and oxygen atoms in total. The number of benzene rings is 1. The molecule has 0 radical (unpaired) electrons. The van der Waals surface area contributed by atoms with Gasteiger partial charge in [-0.05, 0) is 48.2 Å². The number of tetrazole rings is 1. The van der Waals surface area contributed by atoms with Crippen LogP contribution in [0.1, 0.15) is 39.2 Å². The van der Waals surface area contributed by atoms with Crippen LogP contribution in [-0.4, -0.2) is 45.7 Å². The number of carbonyl (C=O) groups is 1. The minimum atomic E-state index is -0.357. The molecule has 26 heavy (non-hydrogen) atoms. The number of nitrogens with one attached hydrogen (secondary N) is 1. The van der Waals surface area contributed by atoms with Gasteiger partial charge in [-0.25, -0.2) is 0 Å². The molecule has 1 unspecified atom stereocenters. The van der Waals surface area contributed by atoms with E-state index in [2.05, 4.69) is 44.8 Å². The van der Waals surface area contributed by atoms with Crippen LogP contribution >= 0.6 is 0 Å². The predicted molar refractivity (Wildman–Crippen MR) is 101 cm³/mol. The monoisotopic (exact) mass is 356 g/mol. The average molecular weight is 356 g/mol. The first-order valence-corrected chi connectivity index (χ1v) is 9.23. The largest absolute Gasteiger partial charge is 0.355 e. The molecule has 1 aromatic heterocycles. The molecule has 1 aliphatic rings. The maximum absolute atomic E-state index is 12.1. The summed E-state index contributed by atoms with van der Waals surface area (Å²) in [5, 5.41) is 15.4. The molecule has 1 saturated heterocycles. The fraction of sp³-hybridized carbons (Fsp3) is 0.579. The van der Waals surface area contributed by atoms with Gasteiger partial charge in [0.05, 0.1) is 5.69 Å². The van der Waals surface area contributed by atoms with Crippen LogP contribution in [0, 0.1) is 18.3 Å². The highest BCUT2D eigenvalue weighted by Crippen LogP contribution is 2.23. The van der Waals surface area contributed by atoms with E-state index >= 15 is 0 Å². The molecule has 3 rings (SSSR count). The molecule has 7 heteroatoms. The van der Waals surface area contributed by atoms with Gasteiger partial charge in [0.15, 0.2) is 0 Å². The number of rotatable bonds is 4. The summed E-state index contributed by atoms with van der Waals surface area (Å²) in [7, 11) is 0. The summed E-state index contributed by atoms with van der Waals surface area (Å²) in [5.74, 6) is 1.26. The average Bonchev–Trinajstić information content (AvgIpc) is 3.09. The van der Waals surface area contributed by atoms with E-state index in [1.54, 1.807) is 4.68 Å². The Morgan fingerprint density at radius 3 is 2.69 bits per heavy atom. The third kappa shape index (κ3) is 4.20. The third-order valence-corrected chi connectivity index (χ3v) is 4.77. The number of aromatic nitrogens is 4. The normalized spacial score (nSPS) is 18.0. The van der Waals surface area contributed by atoms with Gasteiger partial charge in [-0.1, -0.05) is 43.6 Å². The molecule has 2 heterocycles. The zero-order chi connectivity index (χ0) is 18.7. The first-order valence-electron chi connectivity index (χ1n) is 9.23. The van der Waals surface area contributed by atoms with Crippen molar-refractivity contribution in [2.24, 2.45) is 11.3 Å². The van der Waals surface area contributed by atoms with Crippen molar-refractivity contribution >= 4 is 11.9 Å². The van der Waals surface area contributed by atoms with E-state index in [0.717, 1.165) is 37.6 Å². The number of hydrogen-bond acceptors (Lipinski definition) is 5. The molecule has 1 amide bonds. The predicted octanol–water partition coefficient (Wildman–Crippen LogP) is 2.35. The maximum atomic E-state index is 12.1. The highest BCUT2D eigenvalue weighted by Gasteiger charge is 2.26. The van der Waals surface area contributed by atoms with Crippen LogP contribution in [0.15, 0.2) is 24.3 Å². The van der Waals surface area contributed by atoms with Gasteiger partial charge < -0.3 is 10.2 Å². The van der Waals surface area contributed by atoms with Crippen LogP contribution in [0.5, 0.6) is 0 Å². The molecular weight excluding hydrogens is 328 g/mol. The summed E-state index contributed by atoms with van der Waals surface area (Å²) in [5.41, 5.74) is 1.80. The standard InChI is InChI=1S/C19H28N6O/c1-14-7-9-16(10-8-14)25-18(21-22-23-25)24-11-5-6-15(13-24)12-20-17(26)19(2,3)4/h7-10,15H,5-6,11-13H2,1-4H3,(H,20,26). The second-order valence-electron chi connectivity index (χ2n) is 8.14. The summed E-state index contributed by atoms with van der Waals surface area (Å²) < 4.78 is 1.79. The van der Waals surface area contributed by atoms with E-state index in [1.165, 1.54) is 5.56 Å². The molecule has 140 valence electrons. The molecular formula is C19H28N6O. The summed E-state index contributed by atoms with van der Waals surface area (Å²) in [6.45, 7) is 10.3. The third-order valence-electron chi connectivity index (χ3n) is 4.77. The van der Waals surface area contributed by atoms with Gasteiger partial charge in [-0.2, -0.15) is 4.68 Å². The second kappa shape index (κ2) is 7.43. The van der Waals surface area contributed by atoms with Crippen LogP contribution < -0.4 is 10.2 Å². The Balaban J connectivity index is 1.68. The Kier molecular flexibility index (Phi) is 5.25. The van der Waals surface area contributed by atoms with E-state index in [0.29, 0.717) is 12.5 Å². The Morgan fingerprint density at radius 1 is 1.27 bits per heavy atom. The number of nitrogens with zero attached hydrogens (tertiary/aromatic N) is 5. The zero-order valence-electron chi connectivity index (χ0n) is 16.1. The van der Waals surface area contributed by atoms with Gasteiger partial charge in [-0.3, -0.25) is 4.79 Å². The highest BCUT2D eigenvalue weighted by atomic mass is 16.2. The van der Waals surface area contributed by atoms with Crippen molar-refractivity contribution in [3.05, 3.63) is 29.8 Å². The van der Waals surface area contributed by atoms with Gasteiger partial charge in [0, 0.05) is 25.0 Å². The molecule has 0 saturated carbocycles. The second-order valence-corrected chi connectivity index (χ2v) is 8.14. The van der Waals surface area contributed by atoms with Crippen molar-refractivity contribution in [1.29, 1.82) is 0 Å². The number of aryl methyl sites for hydroxylation is 1. The Hall–Kier alpha value is -2.44. The summed E-state index contributed by atoms with van der Waals surface area (Å²) in [4.78, 5) is 14.3. The lowest BCUT2D eigenvalue weighted by Gasteiger charge is -2.33. The van der Waals surface area contributed by atoms with Crippen LogP contribution in [0.4, 0.5) is 5.95 Å². The fourth-order valence-electron chi connectivity index (χ4n) is 3.15. The van der Waals surface area contributed by atoms with Crippen LogP contribution in [0.3, 0.4) is 0 Å². The molecule has 2 aromatic rings. The van der Waals surface area contributed by atoms with Gasteiger partial charge in [0.25, 0.3) is 0 Å². The van der Waals surface area contributed by atoms with Crippen molar-refractivity contribution in [2.45, 2.75) is 40.5 Å². The van der Waals surface area contributed by atoms with Gasteiger partial charge >= 0.3 is 0 Å². The van der Waals surface area contributed by atoms with Crippen LogP contribution in [-0.2, 0) is 4.79 Å². The molecule has 0 aliphatic carbocycles. The zero-order valence-corrected chi connectivity index (χ0v) is 16.1. The lowest BCUT2D eigenvalue weighted by molar-refractivity contribution is -0.128. The number of hydrogen-bond donors (Lipinski definition) is 1. The number of piperidine rings is 1. The summed E-state index contributed by atoms with van der Waals surface area (Å²) in [6.07, 6.45) is 2.17. The molecule has 1 atom stereocenters. The molecule has 1 aliphatic heterocycles. The lowest BCUT2D eigenvalue weighted by atomic mass is 9.94. The molecule has 1 N–H and O–H groups in total. The van der Waals surface area contributed by atoms with Gasteiger partial charge in [-0.15, -0.1) is 0 Å². The topological polar surface area (TPSA) is 75.9 Å². The lowest BCUT2D eigenvalue weighted by Crippen LogP contribution is -2.44. The van der Waals surface area contributed by atoms with Crippen molar-refractivity contribution < 1.29 is 4.79 Å². The minimum Gasteiger partial charge on any atom is -0.355 e. The summed E-state index contributed by atoms with van der Waals surface area (Å²) >= 11 is 0. The number of amides is 1. The molecule has 0 spiro atoms. The van der Waals surface area contributed by atoms with Crippen molar-refractivity contribution in [3.8, 4) is 5.69 Å².